The minimum Gasteiger partial charge on any atom is -0.465 e. The average molecular weight is 499 g/mol. The lowest BCUT2D eigenvalue weighted by molar-refractivity contribution is 0.0600. The highest BCUT2D eigenvalue weighted by Gasteiger charge is 2.29. The van der Waals surface area contributed by atoms with Crippen molar-refractivity contribution in [1.29, 1.82) is 0 Å². The molecule has 0 radical (unpaired) electrons. The first-order chi connectivity index (χ1) is 15.6. The van der Waals surface area contributed by atoms with Gasteiger partial charge < -0.3 is 10.1 Å². The molecule has 1 unspecified atom stereocenters. The third-order valence-electron chi connectivity index (χ3n) is 5.59. The van der Waals surface area contributed by atoms with Crippen molar-refractivity contribution in [2.24, 2.45) is 0 Å². The third kappa shape index (κ3) is 5.90. The Kier molecular flexibility index (Phi) is 7.76. The van der Waals surface area contributed by atoms with Gasteiger partial charge >= 0.3 is 5.97 Å². The number of nitrogens with zero attached hydrogens (tertiary/aromatic N) is 1. The van der Waals surface area contributed by atoms with Gasteiger partial charge in [-0.2, -0.15) is 0 Å². The highest BCUT2D eigenvalue weighted by atomic mass is 32.2. The number of carbonyl (C=O) groups is 1. The van der Waals surface area contributed by atoms with Crippen LogP contribution in [0.25, 0.3) is 0 Å². The Bertz CT molecular complexity index is 1230. The normalized spacial score (nSPS) is 18.0. The number of esters is 1. The number of anilines is 1. The zero-order valence-electron chi connectivity index (χ0n) is 18.5. The van der Waals surface area contributed by atoms with Crippen LogP contribution in [-0.2, 0) is 37.6 Å². The van der Waals surface area contributed by atoms with Crippen molar-refractivity contribution < 1.29 is 30.8 Å². The van der Waals surface area contributed by atoms with E-state index in [0.717, 1.165) is 10.4 Å². The zero-order chi connectivity index (χ0) is 24.2. The molecule has 1 saturated heterocycles. The monoisotopic (exact) mass is 498 g/mol. The summed E-state index contributed by atoms with van der Waals surface area (Å²) in [5, 5.41) is 2.48. The molecule has 0 aliphatic carbocycles. The molecule has 1 aliphatic heterocycles. The first kappa shape index (κ1) is 25.1. The van der Waals surface area contributed by atoms with Crippen LogP contribution < -0.4 is 9.62 Å². The minimum absolute atomic E-state index is 0.0212. The Labute approximate surface area is 193 Å². The average Bonchev–Trinajstić information content (AvgIpc) is 2.79. The van der Waals surface area contributed by atoms with E-state index < -0.39 is 36.9 Å². The van der Waals surface area contributed by atoms with Gasteiger partial charge in [0.1, 0.15) is 5.82 Å². The van der Waals surface area contributed by atoms with Crippen molar-refractivity contribution in [3.05, 3.63) is 65.0 Å². The molecule has 1 aliphatic rings. The Hall–Kier alpha value is -2.50. The summed E-state index contributed by atoms with van der Waals surface area (Å²) in [7, 11) is -5.84. The van der Waals surface area contributed by atoms with Crippen LogP contribution in [0.3, 0.4) is 0 Å². The van der Waals surface area contributed by atoms with Gasteiger partial charge in [-0.05, 0) is 43.2 Å². The maximum atomic E-state index is 14.7. The van der Waals surface area contributed by atoms with Gasteiger partial charge in [-0.3, -0.25) is 4.31 Å². The predicted octanol–water partition coefficient (Wildman–Crippen LogP) is 1.90. The highest BCUT2D eigenvalue weighted by molar-refractivity contribution is 7.92. The van der Waals surface area contributed by atoms with Gasteiger partial charge in [0.15, 0.2) is 9.84 Å². The first-order valence-corrected chi connectivity index (χ1v) is 13.8. The number of methoxy groups -OCH3 is 1. The van der Waals surface area contributed by atoms with Gasteiger partial charge in [0, 0.05) is 18.7 Å². The number of benzene rings is 2. The second-order valence-corrected chi connectivity index (χ2v) is 12.4. The lowest BCUT2D eigenvalue weighted by Crippen LogP contribution is -2.45. The molecule has 0 bridgehead atoms. The molecule has 1 heterocycles. The van der Waals surface area contributed by atoms with E-state index in [2.05, 4.69) is 10.1 Å². The second kappa shape index (κ2) is 10.2. The molecule has 0 spiro atoms. The summed E-state index contributed by atoms with van der Waals surface area (Å²) in [5.41, 5.74) is 1.09. The molecule has 3 rings (SSSR count). The number of carbonyl (C=O) groups excluding carboxylic acids is 1. The van der Waals surface area contributed by atoms with Crippen molar-refractivity contribution >= 4 is 31.5 Å². The molecule has 0 amide bonds. The summed E-state index contributed by atoms with van der Waals surface area (Å²) >= 11 is 0. The van der Waals surface area contributed by atoms with Crippen LogP contribution in [0.1, 0.15) is 28.4 Å². The number of hydrogen-bond acceptors (Lipinski definition) is 7. The van der Waals surface area contributed by atoms with Gasteiger partial charge in [0.05, 0.1) is 41.7 Å². The fraction of sp³-hybridized carbons (Fsp3) is 0.409. The van der Waals surface area contributed by atoms with E-state index in [4.69, 9.17) is 0 Å². The quantitative estimate of drug-likeness (QED) is 0.554. The molecule has 180 valence electrons. The van der Waals surface area contributed by atoms with Crippen molar-refractivity contribution in [2.75, 3.05) is 36.0 Å². The molecule has 1 N–H and O–H groups in total. The van der Waals surface area contributed by atoms with Gasteiger partial charge in [-0.15, -0.1) is 0 Å². The number of sulfonamides is 1. The van der Waals surface area contributed by atoms with Crippen LogP contribution in [0, 0.1) is 5.82 Å². The summed E-state index contributed by atoms with van der Waals surface area (Å²) < 4.78 is 70.8. The fourth-order valence-electron chi connectivity index (χ4n) is 3.65. The lowest BCUT2D eigenvalue weighted by atomic mass is 10.1. The molecule has 2 aromatic carbocycles. The molecule has 0 saturated carbocycles. The van der Waals surface area contributed by atoms with Crippen LogP contribution >= 0.6 is 0 Å². The molecule has 1 atom stereocenters. The number of ether oxygens (including phenoxy) is 1. The van der Waals surface area contributed by atoms with Gasteiger partial charge in [-0.1, -0.05) is 18.2 Å². The first-order valence-electron chi connectivity index (χ1n) is 10.5. The topological polar surface area (TPSA) is 110 Å². The van der Waals surface area contributed by atoms with E-state index in [9.17, 15) is 26.0 Å². The number of halogens is 1. The molecular weight excluding hydrogens is 471 g/mol. The highest BCUT2D eigenvalue weighted by Crippen LogP contribution is 2.25. The Morgan fingerprint density at radius 3 is 2.64 bits per heavy atom. The summed E-state index contributed by atoms with van der Waals surface area (Å²) in [6.45, 7) is 1.96. The van der Waals surface area contributed by atoms with Crippen molar-refractivity contribution in [3.8, 4) is 0 Å². The Balaban J connectivity index is 1.92. The van der Waals surface area contributed by atoms with Gasteiger partial charge in [0.2, 0.25) is 10.0 Å². The van der Waals surface area contributed by atoms with Crippen LogP contribution in [0.15, 0.2) is 42.5 Å². The van der Waals surface area contributed by atoms with Crippen LogP contribution in [0.2, 0.25) is 0 Å². The molecule has 0 aromatic heterocycles. The van der Waals surface area contributed by atoms with E-state index in [-0.39, 0.29) is 35.6 Å². The summed E-state index contributed by atoms with van der Waals surface area (Å²) in [4.78, 5) is 11.6. The lowest BCUT2D eigenvalue weighted by Gasteiger charge is -2.26. The molecule has 2 aromatic rings. The van der Waals surface area contributed by atoms with Crippen LogP contribution in [0.5, 0.6) is 0 Å². The molecule has 1 fully saturated rings. The van der Waals surface area contributed by atoms with E-state index in [1.165, 1.54) is 26.2 Å². The number of sulfone groups is 1. The van der Waals surface area contributed by atoms with E-state index >= 15 is 0 Å². The number of rotatable bonds is 8. The van der Waals surface area contributed by atoms with Crippen molar-refractivity contribution in [1.82, 2.24) is 5.32 Å². The van der Waals surface area contributed by atoms with E-state index in [1.807, 2.05) is 0 Å². The Morgan fingerprint density at radius 1 is 1.24 bits per heavy atom. The second-order valence-electron chi connectivity index (χ2n) is 7.77. The summed E-state index contributed by atoms with van der Waals surface area (Å²) in [6.07, 6.45) is 0.241. The van der Waals surface area contributed by atoms with Crippen molar-refractivity contribution in [2.45, 2.75) is 25.1 Å². The molecule has 8 nitrogen and oxygen atoms in total. The van der Waals surface area contributed by atoms with Crippen LogP contribution in [0.4, 0.5) is 10.1 Å². The van der Waals surface area contributed by atoms with E-state index in [0.29, 0.717) is 24.3 Å². The fourth-order valence-corrected chi connectivity index (χ4v) is 6.32. The standard InChI is InChI=1S/C22H27FN2O6S2/c1-3-33(29,30)25(15-18-8-7-17(13-21(18)23)22(26)31-2)19-6-4-5-16(11-19)12-20-14-24-9-10-32(20,27)28/h4-8,11,13,20,24H,3,9-10,12,14-15H2,1-2H3. The maximum Gasteiger partial charge on any atom is 0.337 e. The van der Waals surface area contributed by atoms with E-state index in [1.54, 1.807) is 24.3 Å². The molecular formula is C22H27FN2O6S2. The third-order valence-corrected chi connectivity index (χ3v) is 9.46. The maximum absolute atomic E-state index is 14.7. The van der Waals surface area contributed by atoms with Crippen LogP contribution in [-0.4, -0.2) is 59.8 Å². The molecule has 11 heteroatoms. The summed E-state index contributed by atoms with van der Waals surface area (Å²) in [6, 6.07) is 10.3. The Morgan fingerprint density at radius 2 is 2.00 bits per heavy atom. The minimum atomic E-state index is -3.79. The number of hydrogen-bond donors (Lipinski definition) is 1. The largest absolute Gasteiger partial charge is 0.465 e. The smallest absolute Gasteiger partial charge is 0.337 e. The van der Waals surface area contributed by atoms with Gasteiger partial charge in [-0.25, -0.2) is 26.0 Å². The van der Waals surface area contributed by atoms with Gasteiger partial charge in [0.25, 0.3) is 0 Å². The number of nitrogens with one attached hydrogen (secondary N) is 1. The zero-order valence-corrected chi connectivity index (χ0v) is 20.1. The van der Waals surface area contributed by atoms with Crippen molar-refractivity contribution in [3.63, 3.8) is 0 Å². The summed E-state index contributed by atoms with van der Waals surface area (Å²) in [5.74, 6) is -1.57. The SMILES string of the molecule is CCS(=O)(=O)N(Cc1ccc(C(=O)OC)cc1F)c1cccc(CC2CNCCS2(=O)=O)c1. The molecule has 33 heavy (non-hydrogen) atoms. The predicted molar refractivity (Wildman–Crippen MR) is 124 cm³/mol.